The molecule has 5 heteroatoms. The zero-order valence-electron chi connectivity index (χ0n) is 12.7. The van der Waals surface area contributed by atoms with Crippen LogP contribution in [0.15, 0.2) is 41.0 Å². The number of nitrogens with zero attached hydrogens (tertiary/aromatic N) is 2. The van der Waals surface area contributed by atoms with E-state index in [0.717, 1.165) is 15.7 Å². The van der Waals surface area contributed by atoms with Gasteiger partial charge in [-0.1, -0.05) is 30.3 Å². The Balaban J connectivity index is 2.40. The average molecular weight is 352 g/mol. The van der Waals surface area contributed by atoms with Gasteiger partial charge >= 0.3 is 0 Å². The van der Waals surface area contributed by atoms with E-state index < -0.39 is 0 Å². The molecule has 0 saturated heterocycles. The van der Waals surface area contributed by atoms with Crippen molar-refractivity contribution in [3.63, 3.8) is 0 Å². The third kappa shape index (κ3) is 3.54. The second kappa shape index (κ2) is 7.20. The minimum absolute atomic E-state index is 0.193. The van der Waals surface area contributed by atoms with Gasteiger partial charge in [0.2, 0.25) is 0 Å². The predicted octanol–water partition coefficient (Wildman–Crippen LogP) is 4.00. The van der Waals surface area contributed by atoms with Crippen molar-refractivity contribution in [2.45, 2.75) is 39.0 Å². The van der Waals surface area contributed by atoms with E-state index in [1.807, 2.05) is 41.9 Å². The van der Waals surface area contributed by atoms with Crippen molar-refractivity contribution in [1.82, 2.24) is 9.78 Å². The highest BCUT2D eigenvalue weighted by molar-refractivity contribution is 9.10. The maximum atomic E-state index is 6.53. The lowest BCUT2D eigenvalue weighted by atomic mass is 10.00. The Hall–Kier alpha value is -1.17. The quantitative estimate of drug-likeness (QED) is 0.855. The van der Waals surface area contributed by atoms with E-state index in [1.54, 1.807) is 6.20 Å². The highest BCUT2D eigenvalue weighted by atomic mass is 79.9. The van der Waals surface area contributed by atoms with Crippen molar-refractivity contribution in [2.24, 2.45) is 5.73 Å². The molecule has 21 heavy (non-hydrogen) atoms. The lowest BCUT2D eigenvalue weighted by Crippen LogP contribution is -2.26. The minimum Gasteiger partial charge on any atom is -0.372 e. The Morgan fingerprint density at radius 2 is 1.95 bits per heavy atom. The lowest BCUT2D eigenvalue weighted by molar-refractivity contribution is 0.0404. The lowest BCUT2D eigenvalue weighted by Gasteiger charge is -2.26. The number of rotatable bonds is 6. The summed E-state index contributed by atoms with van der Waals surface area (Å²) in [5.74, 6) is 0. The first-order valence-corrected chi connectivity index (χ1v) is 8.00. The van der Waals surface area contributed by atoms with Gasteiger partial charge in [-0.15, -0.1) is 0 Å². The molecule has 1 heterocycles. The topological polar surface area (TPSA) is 53.1 Å². The fourth-order valence-electron chi connectivity index (χ4n) is 2.45. The molecular weight excluding hydrogens is 330 g/mol. The SMILES string of the molecule is CCOC(c1ccccc1)C(N)c1c(Br)cnn1C(C)C. The molecule has 1 aromatic carbocycles. The molecule has 1 aromatic heterocycles. The number of ether oxygens (including phenoxy) is 1. The summed E-state index contributed by atoms with van der Waals surface area (Å²) in [6, 6.07) is 10.0. The summed E-state index contributed by atoms with van der Waals surface area (Å²) in [4.78, 5) is 0. The molecule has 0 saturated carbocycles. The highest BCUT2D eigenvalue weighted by Crippen LogP contribution is 2.34. The van der Waals surface area contributed by atoms with Crippen LogP contribution in [0.4, 0.5) is 0 Å². The van der Waals surface area contributed by atoms with Crippen molar-refractivity contribution < 1.29 is 4.74 Å². The minimum atomic E-state index is -0.286. The van der Waals surface area contributed by atoms with Crippen LogP contribution in [0.25, 0.3) is 0 Å². The van der Waals surface area contributed by atoms with Crippen molar-refractivity contribution in [3.8, 4) is 0 Å². The second-order valence-electron chi connectivity index (χ2n) is 5.23. The fourth-order valence-corrected chi connectivity index (χ4v) is 2.98. The Kier molecular flexibility index (Phi) is 5.56. The number of hydrogen-bond acceptors (Lipinski definition) is 3. The molecule has 2 unspecified atom stereocenters. The molecule has 0 aliphatic rings. The van der Waals surface area contributed by atoms with Gasteiger partial charge in [0.15, 0.2) is 0 Å². The van der Waals surface area contributed by atoms with E-state index in [-0.39, 0.29) is 18.2 Å². The number of aromatic nitrogens is 2. The van der Waals surface area contributed by atoms with E-state index >= 15 is 0 Å². The molecule has 0 amide bonds. The van der Waals surface area contributed by atoms with E-state index in [2.05, 4.69) is 34.9 Å². The highest BCUT2D eigenvalue weighted by Gasteiger charge is 2.27. The molecule has 4 nitrogen and oxygen atoms in total. The zero-order valence-corrected chi connectivity index (χ0v) is 14.2. The first-order valence-electron chi connectivity index (χ1n) is 7.21. The van der Waals surface area contributed by atoms with Crippen LogP contribution in [0.2, 0.25) is 0 Å². The van der Waals surface area contributed by atoms with Gasteiger partial charge in [-0.05, 0) is 42.3 Å². The van der Waals surface area contributed by atoms with Gasteiger partial charge in [-0.3, -0.25) is 4.68 Å². The normalized spacial score (nSPS) is 14.4. The number of halogens is 1. The van der Waals surface area contributed by atoms with E-state index in [4.69, 9.17) is 10.5 Å². The monoisotopic (exact) mass is 351 g/mol. The van der Waals surface area contributed by atoms with Crippen LogP contribution in [0.3, 0.4) is 0 Å². The second-order valence-corrected chi connectivity index (χ2v) is 6.08. The molecule has 2 atom stereocenters. The fraction of sp³-hybridized carbons (Fsp3) is 0.438. The molecule has 0 fully saturated rings. The first-order chi connectivity index (χ1) is 10.1. The molecule has 0 aliphatic heterocycles. The summed E-state index contributed by atoms with van der Waals surface area (Å²) in [6.45, 7) is 6.78. The van der Waals surface area contributed by atoms with Crippen LogP contribution in [0.1, 0.15) is 50.2 Å². The van der Waals surface area contributed by atoms with E-state index in [1.165, 1.54) is 0 Å². The Labute approximate surface area is 134 Å². The summed E-state index contributed by atoms with van der Waals surface area (Å²) in [5, 5.41) is 4.41. The molecular formula is C16H22BrN3O. The number of nitrogens with two attached hydrogens (primary N) is 1. The van der Waals surface area contributed by atoms with Crippen LogP contribution in [-0.2, 0) is 4.74 Å². The van der Waals surface area contributed by atoms with Gasteiger partial charge in [0.1, 0.15) is 6.10 Å². The van der Waals surface area contributed by atoms with Crippen LogP contribution < -0.4 is 5.73 Å². The summed E-state index contributed by atoms with van der Waals surface area (Å²) < 4.78 is 8.79. The standard InChI is InChI=1S/C16H22BrN3O/c1-4-21-16(12-8-6-5-7-9-12)14(18)15-13(17)10-19-20(15)11(2)3/h5-11,14,16H,4,18H2,1-3H3. The summed E-state index contributed by atoms with van der Waals surface area (Å²) in [6.07, 6.45) is 1.60. The van der Waals surface area contributed by atoms with Crippen molar-refractivity contribution in [2.75, 3.05) is 6.61 Å². The van der Waals surface area contributed by atoms with E-state index in [9.17, 15) is 0 Å². The average Bonchev–Trinajstić information content (AvgIpc) is 2.87. The molecule has 0 aliphatic carbocycles. The van der Waals surface area contributed by atoms with Crippen molar-refractivity contribution in [3.05, 3.63) is 52.3 Å². The van der Waals surface area contributed by atoms with Crippen molar-refractivity contribution >= 4 is 15.9 Å². The third-order valence-electron chi connectivity index (χ3n) is 3.39. The number of hydrogen-bond donors (Lipinski definition) is 1. The largest absolute Gasteiger partial charge is 0.372 e. The Morgan fingerprint density at radius 3 is 2.52 bits per heavy atom. The van der Waals surface area contributed by atoms with Gasteiger partial charge in [-0.25, -0.2) is 0 Å². The van der Waals surface area contributed by atoms with Crippen molar-refractivity contribution in [1.29, 1.82) is 0 Å². The van der Waals surface area contributed by atoms with Gasteiger partial charge in [0, 0.05) is 12.6 Å². The molecule has 2 aromatic rings. The van der Waals surface area contributed by atoms with Gasteiger partial charge in [0.25, 0.3) is 0 Å². The van der Waals surface area contributed by atoms with Gasteiger partial charge in [0.05, 0.1) is 22.4 Å². The van der Waals surface area contributed by atoms with Crippen LogP contribution >= 0.6 is 15.9 Å². The molecule has 114 valence electrons. The molecule has 2 rings (SSSR count). The van der Waals surface area contributed by atoms with Crippen LogP contribution in [0.5, 0.6) is 0 Å². The molecule has 0 radical (unpaired) electrons. The Bertz CT molecular complexity index is 568. The third-order valence-corrected chi connectivity index (χ3v) is 4.00. The van der Waals surface area contributed by atoms with Crippen LogP contribution in [-0.4, -0.2) is 16.4 Å². The van der Waals surface area contributed by atoms with Gasteiger partial charge in [-0.2, -0.15) is 5.10 Å². The maximum Gasteiger partial charge on any atom is 0.103 e. The molecule has 0 spiro atoms. The zero-order chi connectivity index (χ0) is 15.4. The maximum absolute atomic E-state index is 6.53. The summed E-state index contributed by atoms with van der Waals surface area (Å²) >= 11 is 3.56. The molecule has 0 bridgehead atoms. The molecule has 2 N–H and O–H groups in total. The smallest absolute Gasteiger partial charge is 0.103 e. The summed E-state index contributed by atoms with van der Waals surface area (Å²) in [5.41, 5.74) is 8.57. The van der Waals surface area contributed by atoms with E-state index in [0.29, 0.717) is 6.61 Å². The summed E-state index contributed by atoms with van der Waals surface area (Å²) in [7, 11) is 0. The van der Waals surface area contributed by atoms with Gasteiger partial charge < -0.3 is 10.5 Å². The first kappa shape index (κ1) is 16.2. The predicted molar refractivity (Wildman–Crippen MR) is 88.0 cm³/mol. The number of benzene rings is 1. The Morgan fingerprint density at radius 1 is 1.29 bits per heavy atom. The van der Waals surface area contributed by atoms with Crippen LogP contribution in [0, 0.1) is 0 Å².